The summed E-state index contributed by atoms with van der Waals surface area (Å²) in [5, 5.41) is 8.24. The minimum absolute atomic E-state index is 0.0144. The van der Waals surface area contributed by atoms with E-state index in [1.54, 1.807) is 30.5 Å². The summed E-state index contributed by atoms with van der Waals surface area (Å²) >= 11 is 0. The summed E-state index contributed by atoms with van der Waals surface area (Å²) in [4.78, 5) is 25.9. The number of ether oxygens (including phenoxy) is 1. The van der Waals surface area contributed by atoms with E-state index >= 15 is 0 Å². The van der Waals surface area contributed by atoms with Gasteiger partial charge < -0.3 is 19.8 Å². The lowest BCUT2D eigenvalue weighted by Gasteiger charge is -2.26. The Bertz CT molecular complexity index is 757. The molecule has 0 radical (unpaired) electrons. The van der Waals surface area contributed by atoms with Gasteiger partial charge in [0.25, 0.3) is 0 Å². The number of amides is 3. The van der Waals surface area contributed by atoms with Gasteiger partial charge in [0.1, 0.15) is 5.76 Å². The van der Waals surface area contributed by atoms with Crippen LogP contribution in [0.25, 0.3) is 0 Å². The molecule has 0 aliphatic carbocycles. The minimum atomic E-state index is -0.566. The molecule has 2 aromatic rings. The summed E-state index contributed by atoms with van der Waals surface area (Å²) < 4.78 is 10.1. The number of carbonyl (C=O) groups is 2. The SMILES string of the molecule is COC(=O)Nc1cccc(NC(=O)NCC(c2ccco2)N2CCCC2)c1. The molecule has 0 saturated carbocycles. The highest BCUT2D eigenvalue weighted by atomic mass is 16.5. The van der Waals surface area contributed by atoms with Crippen molar-refractivity contribution in [3.8, 4) is 0 Å². The molecular weight excluding hydrogens is 348 g/mol. The fourth-order valence-corrected chi connectivity index (χ4v) is 3.15. The Morgan fingerprint density at radius 2 is 1.89 bits per heavy atom. The maximum Gasteiger partial charge on any atom is 0.411 e. The Balaban J connectivity index is 1.56. The van der Waals surface area contributed by atoms with Gasteiger partial charge in [0.05, 0.1) is 19.4 Å². The average Bonchev–Trinajstić information content (AvgIpc) is 3.36. The molecule has 3 rings (SSSR count). The zero-order chi connectivity index (χ0) is 19.1. The zero-order valence-electron chi connectivity index (χ0n) is 15.2. The van der Waals surface area contributed by atoms with Crippen LogP contribution in [0.3, 0.4) is 0 Å². The number of rotatable bonds is 6. The minimum Gasteiger partial charge on any atom is -0.468 e. The Kier molecular flexibility index (Phi) is 6.32. The summed E-state index contributed by atoms with van der Waals surface area (Å²) in [6.07, 6.45) is 3.40. The number of furan rings is 1. The number of nitrogens with zero attached hydrogens (tertiary/aromatic N) is 1. The first kappa shape index (κ1) is 18.8. The molecule has 3 N–H and O–H groups in total. The number of benzene rings is 1. The van der Waals surface area contributed by atoms with E-state index in [9.17, 15) is 9.59 Å². The molecule has 1 fully saturated rings. The molecule has 0 bridgehead atoms. The maximum atomic E-state index is 12.3. The highest BCUT2D eigenvalue weighted by Gasteiger charge is 2.25. The van der Waals surface area contributed by atoms with Crippen LogP contribution >= 0.6 is 0 Å². The lowest BCUT2D eigenvalue weighted by atomic mass is 10.2. The summed E-state index contributed by atoms with van der Waals surface area (Å²) in [7, 11) is 1.29. The van der Waals surface area contributed by atoms with Crippen LogP contribution in [-0.4, -0.2) is 43.8 Å². The first-order valence-corrected chi connectivity index (χ1v) is 8.93. The van der Waals surface area contributed by atoms with Gasteiger partial charge in [-0.3, -0.25) is 10.2 Å². The van der Waals surface area contributed by atoms with Gasteiger partial charge in [-0.05, 0) is 56.3 Å². The van der Waals surface area contributed by atoms with E-state index in [0.29, 0.717) is 17.9 Å². The standard InChI is InChI=1S/C19H24N4O4/c1-26-19(25)22-15-7-4-6-14(12-15)21-18(24)20-13-16(17-8-5-11-27-17)23-9-2-3-10-23/h4-8,11-12,16H,2-3,9-10,13H2,1H3,(H,22,25)(H2,20,21,24). The van der Waals surface area contributed by atoms with Crippen molar-refractivity contribution in [3.63, 3.8) is 0 Å². The van der Waals surface area contributed by atoms with Crippen molar-refractivity contribution in [1.82, 2.24) is 10.2 Å². The molecule has 1 aromatic heterocycles. The first-order chi connectivity index (χ1) is 13.2. The summed E-state index contributed by atoms with van der Waals surface area (Å²) in [6.45, 7) is 2.44. The first-order valence-electron chi connectivity index (χ1n) is 8.93. The highest BCUT2D eigenvalue weighted by molar-refractivity contribution is 5.91. The van der Waals surface area contributed by atoms with E-state index in [0.717, 1.165) is 31.7 Å². The van der Waals surface area contributed by atoms with Gasteiger partial charge in [0.15, 0.2) is 0 Å². The Morgan fingerprint density at radius 3 is 2.56 bits per heavy atom. The molecule has 8 heteroatoms. The quantitative estimate of drug-likeness (QED) is 0.722. The Hall–Kier alpha value is -3.00. The van der Waals surface area contributed by atoms with Gasteiger partial charge in [0, 0.05) is 17.9 Å². The second-order valence-electron chi connectivity index (χ2n) is 6.31. The van der Waals surface area contributed by atoms with Gasteiger partial charge in [-0.2, -0.15) is 0 Å². The van der Waals surface area contributed by atoms with Crippen molar-refractivity contribution in [3.05, 3.63) is 48.4 Å². The van der Waals surface area contributed by atoms with E-state index in [1.807, 2.05) is 12.1 Å². The lowest BCUT2D eigenvalue weighted by Crippen LogP contribution is -2.38. The van der Waals surface area contributed by atoms with Crippen molar-refractivity contribution in [2.24, 2.45) is 0 Å². The van der Waals surface area contributed by atoms with Crippen molar-refractivity contribution in [2.45, 2.75) is 18.9 Å². The van der Waals surface area contributed by atoms with Gasteiger partial charge in [-0.15, -0.1) is 0 Å². The van der Waals surface area contributed by atoms with Crippen LogP contribution in [0.5, 0.6) is 0 Å². The van der Waals surface area contributed by atoms with Crippen LogP contribution in [0.15, 0.2) is 47.1 Å². The highest BCUT2D eigenvalue weighted by Crippen LogP contribution is 2.25. The van der Waals surface area contributed by atoms with Crippen LogP contribution < -0.4 is 16.0 Å². The van der Waals surface area contributed by atoms with E-state index in [4.69, 9.17) is 4.42 Å². The molecule has 1 atom stereocenters. The molecule has 0 spiro atoms. The number of urea groups is 1. The zero-order valence-corrected chi connectivity index (χ0v) is 15.2. The number of methoxy groups -OCH3 is 1. The van der Waals surface area contributed by atoms with Gasteiger partial charge in [-0.25, -0.2) is 9.59 Å². The van der Waals surface area contributed by atoms with Crippen LogP contribution in [0, 0.1) is 0 Å². The maximum absolute atomic E-state index is 12.3. The predicted octanol–water partition coefficient (Wildman–Crippen LogP) is 3.42. The number of nitrogens with one attached hydrogen (secondary N) is 3. The lowest BCUT2D eigenvalue weighted by molar-refractivity contribution is 0.187. The summed E-state index contributed by atoms with van der Waals surface area (Å²) in [5.41, 5.74) is 1.10. The second kappa shape index (κ2) is 9.09. The molecule has 3 amide bonds. The smallest absolute Gasteiger partial charge is 0.411 e. The normalized spacial score (nSPS) is 15.1. The topological polar surface area (TPSA) is 95.8 Å². The van der Waals surface area contributed by atoms with Gasteiger partial charge in [-0.1, -0.05) is 6.07 Å². The molecule has 2 heterocycles. The molecule has 27 heavy (non-hydrogen) atoms. The third kappa shape index (κ3) is 5.24. The summed E-state index contributed by atoms with van der Waals surface area (Å²) in [5.74, 6) is 0.849. The molecule has 8 nitrogen and oxygen atoms in total. The molecule has 1 saturated heterocycles. The average molecular weight is 372 g/mol. The van der Waals surface area contributed by atoms with Crippen molar-refractivity contribution < 1.29 is 18.7 Å². The van der Waals surface area contributed by atoms with Gasteiger partial charge >= 0.3 is 12.1 Å². The van der Waals surface area contributed by atoms with Gasteiger partial charge in [0.2, 0.25) is 0 Å². The molecule has 1 aliphatic heterocycles. The largest absolute Gasteiger partial charge is 0.468 e. The van der Waals surface area contributed by atoms with Crippen LogP contribution in [-0.2, 0) is 4.74 Å². The van der Waals surface area contributed by atoms with E-state index in [-0.39, 0.29) is 12.1 Å². The fraction of sp³-hybridized carbons (Fsp3) is 0.368. The van der Waals surface area contributed by atoms with E-state index in [2.05, 4.69) is 25.6 Å². The molecular formula is C19H24N4O4. The molecule has 1 aromatic carbocycles. The summed E-state index contributed by atoms with van der Waals surface area (Å²) in [6, 6.07) is 10.3. The third-order valence-electron chi connectivity index (χ3n) is 4.46. The van der Waals surface area contributed by atoms with Crippen LogP contribution in [0.2, 0.25) is 0 Å². The number of likely N-dealkylation sites (tertiary alicyclic amines) is 1. The molecule has 144 valence electrons. The number of hydrogen-bond donors (Lipinski definition) is 3. The Labute approximate surface area is 157 Å². The van der Waals surface area contributed by atoms with E-state index < -0.39 is 6.09 Å². The third-order valence-corrected chi connectivity index (χ3v) is 4.46. The predicted molar refractivity (Wildman–Crippen MR) is 102 cm³/mol. The number of hydrogen-bond acceptors (Lipinski definition) is 5. The fourth-order valence-electron chi connectivity index (χ4n) is 3.15. The van der Waals surface area contributed by atoms with E-state index in [1.165, 1.54) is 7.11 Å². The molecule has 1 aliphatic rings. The van der Waals surface area contributed by atoms with Crippen molar-refractivity contribution >= 4 is 23.5 Å². The van der Waals surface area contributed by atoms with Crippen LogP contribution in [0.1, 0.15) is 24.6 Å². The van der Waals surface area contributed by atoms with Crippen molar-refractivity contribution in [2.75, 3.05) is 37.4 Å². The number of anilines is 2. The number of carbonyl (C=O) groups excluding carboxylic acids is 2. The molecule has 1 unspecified atom stereocenters. The van der Waals surface area contributed by atoms with Crippen LogP contribution in [0.4, 0.5) is 21.0 Å². The second-order valence-corrected chi connectivity index (χ2v) is 6.31. The Morgan fingerprint density at radius 1 is 1.15 bits per heavy atom. The van der Waals surface area contributed by atoms with Crippen molar-refractivity contribution in [1.29, 1.82) is 0 Å². The monoisotopic (exact) mass is 372 g/mol.